The van der Waals surface area contributed by atoms with Crippen LogP contribution in [0.2, 0.25) is 0 Å². The molecule has 0 bridgehead atoms. The third-order valence-electron chi connectivity index (χ3n) is 3.25. The molecule has 0 fully saturated rings. The van der Waals surface area contributed by atoms with E-state index in [0.29, 0.717) is 17.7 Å². The molecule has 4 heteroatoms. The Hall–Kier alpha value is -1.91. The Morgan fingerprint density at radius 1 is 1.20 bits per heavy atom. The number of hydrogen-bond acceptors (Lipinski definition) is 3. The average Bonchev–Trinajstić information content (AvgIpc) is 2.47. The molecule has 0 aliphatic heterocycles. The van der Waals surface area contributed by atoms with Gasteiger partial charge in [-0.15, -0.1) is 0 Å². The fourth-order valence-electron chi connectivity index (χ4n) is 2.16. The number of hydrogen-bond donors (Lipinski definition) is 2. The Labute approximate surface area is 117 Å². The molecule has 0 aliphatic carbocycles. The molecule has 0 heterocycles. The minimum Gasteiger partial charge on any atom is -0.496 e. The highest BCUT2D eigenvalue weighted by molar-refractivity contribution is 5.37. The van der Waals surface area contributed by atoms with Crippen molar-refractivity contribution in [2.45, 2.75) is 18.6 Å². The van der Waals surface area contributed by atoms with Gasteiger partial charge in [0.05, 0.1) is 19.3 Å². The van der Waals surface area contributed by atoms with Gasteiger partial charge in [0, 0.05) is 12.0 Å². The summed E-state index contributed by atoms with van der Waals surface area (Å²) < 4.78 is 18.5. The zero-order valence-corrected chi connectivity index (χ0v) is 11.3. The normalized spacial score (nSPS) is 13.8. The number of methoxy groups -OCH3 is 1. The number of nitrogens with two attached hydrogens (primary N) is 1. The lowest BCUT2D eigenvalue weighted by Crippen LogP contribution is -2.28. The van der Waals surface area contributed by atoms with Crippen LogP contribution in [0.1, 0.15) is 17.2 Å². The van der Waals surface area contributed by atoms with Crippen LogP contribution in [0.15, 0.2) is 48.5 Å². The van der Waals surface area contributed by atoms with Crippen LogP contribution in [-0.4, -0.2) is 18.3 Å². The van der Waals surface area contributed by atoms with E-state index in [1.165, 1.54) is 25.3 Å². The summed E-state index contributed by atoms with van der Waals surface area (Å²) in [5, 5.41) is 10.2. The van der Waals surface area contributed by atoms with Gasteiger partial charge in [0.2, 0.25) is 0 Å². The molecule has 0 aromatic heterocycles. The molecule has 0 amide bonds. The first-order valence-corrected chi connectivity index (χ1v) is 6.43. The van der Waals surface area contributed by atoms with Crippen LogP contribution < -0.4 is 10.5 Å². The summed E-state index contributed by atoms with van der Waals surface area (Å²) in [5.74, 6) is 0.0779. The maximum absolute atomic E-state index is 13.3. The molecule has 106 valence electrons. The molecule has 3 nitrogen and oxygen atoms in total. The van der Waals surface area contributed by atoms with E-state index >= 15 is 0 Å². The van der Waals surface area contributed by atoms with Crippen molar-refractivity contribution in [1.29, 1.82) is 0 Å². The molecule has 0 saturated carbocycles. The molecule has 0 saturated heterocycles. The standard InChI is InChI=1S/C16H18FNO2/c1-20-15-8-7-12(17)10-13(15)16(18)14(19)9-11-5-3-2-4-6-11/h2-8,10,14,16,19H,9,18H2,1H3/t14-,16+/m1/s1. The summed E-state index contributed by atoms with van der Waals surface area (Å²) in [6, 6.07) is 13.0. The molecular weight excluding hydrogens is 257 g/mol. The maximum atomic E-state index is 13.3. The van der Waals surface area contributed by atoms with Gasteiger partial charge in [-0.1, -0.05) is 30.3 Å². The Morgan fingerprint density at radius 3 is 2.55 bits per heavy atom. The van der Waals surface area contributed by atoms with Gasteiger partial charge in [0.25, 0.3) is 0 Å². The number of rotatable bonds is 5. The van der Waals surface area contributed by atoms with Gasteiger partial charge in [-0.2, -0.15) is 0 Å². The van der Waals surface area contributed by atoms with Gasteiger partial charge >= 0.3 is 0 Å². The Balaban J connectivity index is 2.18. The van der Waals surface area contributed by atoms with Crippen molar-refractivity contribution in [2.24, 2.45) is 5.73 Å². The minimum atomic E-state index is -0.812. The largest absolute Gasteiger partial charge is 0.496 e. The molecule has 0 unspecified atom stereocenters. The molecule has 2 aromatic carbocycles. The molecule has 3 N–H and O–H groups in total. The first-order valence-electron chi connectivity index (χ1n) is 6.43. The summed E-state index contributed by atoms with van der Waals surface area (Å²) in [4.78, 5) is 0. The highest BCUT2D eigenvalue weighted by Gasteiger charge is 2.21. The van der Waals surface area contributed by atoms with Crippen molar-refractivity contribution in [3.63, 3.8) is 0 Å². The van der Waals surface area contributed by atoms with E-state index in [1.54, 1.807) is 0 Å². The van der Waals surface area contributed by atoms with Crippen LogP contribution in [0.25, 0.3) is 0 Å². The Bertz CT molecular complexity index is 560. The summed E-state index contributed by atoms with van der Waals surface area (Å²) in [7, 11) is 1.49. The third-order valence-corrected chi connectivity index (χ3v) is 3.25. The Morgan fingerprint density at radius 2 is 1.90 bits per heavy atom. The van der Waals surface area contributed by atoms with E-state index in [0.717, 1.165) is 5.56 Å². The van der Waals surface area contributed by atoms with Crippen LogP contribution in [-0.2, 0) is 6.42 Å². The summed E-state index contributed by atoms with van der Waals surface area (Å²) in [6.45, 7) is 0. The molecule has 2 aromatic rings. The van der Waals surface area contributed by atoms with E-state index in [1.807, 2.05) is 30.3 Å². The highest BCUT2D eigenvalue weighted by atomic mass is 19.1. The lowest BCUT2D eigenvalue weighted by atomic mass is 9.96. The van der Waals surface area contributed by atoms with E-state index in [-0.39, 0.29) is 0 Å². The van der Waals surface area contributed by atoms with Crippen LogP contribution in [0.4, 0.5) is 4.39 Å². The zero-order chi connectivity index (χ0) is 14.5. The lowest BCUT2D eigenvalue weighted by Gasteiger charge is -2.21. The molecule has 0 radical (unpaired) electrons. The first kappa shape index (κ1) is 14.5. The second kappa shape index (κ2) is 6.50. The lowest BCUT2D eigenvalue weighted by molar-refractivity contribution is 0.143. The van der Waals surface area contributed by atoms with Gasteiger partial charge in [-0.25, -0.2) is 4.39 Å². The van der Waals surface area contributed by atoms with E-state index in [2.05, 4.69) is 0 Å². The van der Waals surface area contributed by atoms with Gasteiger partial charge in [0.15, 0.2) is 0 Å². The second-order valence-corrected chi connectivity index (χ2v) is 4.67. The number of halogens is 1. The number of ether oxygens (including phenoxy) is 1. The average molecular weight is 275 g/mol. The fraction of sp³-hybridized carbons (Fsp3) is 0.250. The van der Waals surface area contributed by atoms with Crippen LogP contribution in [0, 0.1) is 5.82 Å². The van der Waals surface area contributed by atoms with E-state index in [9.17, 15) is 9.50 Å². The van der Waals surface area contributed by atoms with Crippen LogP contribution >= 0.6 is 0 Å². The zero-order valence-electron chi connectivity index (χ0n) is 11.3. The van der Waals surface area contributed by atoms with Crippen LogP contribution in [0.5, 0.6) is 5.75 Å². The Kier molecular flexibility index (Phi) is 4.71. The van der Waals surface area contributed by atoms with Crippen molar-refractivity contribution in [2.75, 3.05) is 7.11 Å². The van der Waals surface area contributed by atoms with E-state index < -0.39 is 18.0 Å². The van der Waals surface area contributed by atoms with Crippen molar-refractivity contribution >= 4 is 0 Å². The van der Waals surface area contributed by atoms with E-state index in [4.69, 9.17) is 10.5 Å². The fourth-order valence-corrected chi connectivity index (χ4v) is 2.16. The predicted octanol–water partition coefficient (Wildman–Crippen LogP) is 2.44. The smallest absolute Gasteiger partial charge is 0.123 e. The number of aliphatic hydroxyl groups is 1. The molecule has 20 heavy (non-hydrogen) atoms. The predicted molar refractivity (Wildman–Crippen MR) is 76.0 cm³/mol. The highest BCUT2D eigenvalue weighted by Crippen LogP contribution is 2.27. The summed E-state index contributed by atoms with van der Waals surface area (Å²) >= 11 is 0. The minimum absolute atomic E-state index is 0.400. The molecule has 2 atom stereocenters. The monoisotopic (exact) mass is 275 g/mol. The van der Waals surface area contributed by atoms with Crippen molar-refractivity contribution in [3.8, 4) is 5.75 Å². The number of benzene rings is 2. The number of aliphatic hydroxyl groups excluding tert-OH is 1. The topological polar surface area (TPSA) is 55.5 Å². The second-order valence-electron chi connectivity index (χ2n) is 4.67. The quantitative estimate of drug-likeness (QED) is 0.881. The molecular formula is C16H18FNO2. The molecule has 0 aliphatic rings. The third kappa shape index (κ3) is 3.35. The van der Waals surface area contributed by atoms with Crippen molar-refractivity contribution in [3.05, 3.63) is 65.5 Å². The van der Waals surface area contributed by atoms with Gasteiger partial charge in [-0.05, 0) is 23.8 Å². The maximum Gasteiger partial charge on any atom is 0.123 e. The molecule has 2 rings (SSSR count). The SMILES string of the molecule is COc1ccc(F)cc1[C@H](N)[C@H](O)Cc1ccccc1. The van der Waals surface area contributed by atoms with Crippen molar-refractivity contribution in [1.82, 2.24) is 0 Å². The summed E-state index contributed by atoms with van der Waals surface area (Å²) in [6.07, 6.45) is -0.408. The van der Waals surface area contributed by atoms with Gasteiger partial charge in [-0.3, -0.25) is 0 Å². The van der Waals surface area contributed by atoms with Gasteiger partial charge in [0.1, 0.15) is 11.6 Å². The van der Waals surface area contributed by atoms with Crippen molar-refractivity contribution < 1.29 is 14.2 Å². The molecule has 0 spiro atoms. The summed E-state index contributed by atoms with van der Waals surface area (Å²) in [5.41, 5.74) is 7.48. The van der Waals surface area contributed by atoms with Crippen LogP contribution in [0.3, 0.4) is 0 Å². The van der Waals surface area contributed by atoms with Gasteiger partial charge < -0.3 is 15.6 Å². The first-order chi connectivity index (χ1) is 9.61.